The van der Waals surface area contributed by atoms with Crippen LogP contribution in [0.1, 0.15) is 70.2 Å². The predicted octanol–water partition coefficient (Wildman–Crippen LogP) is 3.75. The highest BCUT2D eigenvalue weighted by atomic mass is 16.1. The molecule has 170 valence electrons. The van der Waals surface area contributed by atoms with Gasteiger partial charge in [0.05, 0.1) is 24.3 Å². The van der Waals surface area contributed by atoms with E-state index in [0.717, 1.165) is 48.7 Å². The molecule has 1 amide bonds. The average molecular weight is 443 g/mol. The average Bonchev–Trinajstić information content (AvgIpc) is 3.13. The van der Waals surface area contributed by atoms with Gasteiger partial charge in [0.15, 0.2) is 0 Å². The maximum atomic E-state index is 12.9. The number of nitrogens with zero attached hydrogens (tertiary/aromatic N) is 5. The fraction of sp³-hybridized carbons (Fsp3) is 0.462. The molecule has 0 bridgehead atoms. The van der Waals surface area contributed by atoms with Crippen LogP contribution in [0.15, 0.2) is 36.8 Å². The molecule has 4 heterocycles. The number of fused-ring (bicyclic) bond motifs is 1. The van der Waals surface area contributed by atoms with E-state index in [0.29, 0.717) is 17.5 Å². The van der Waals surface area contributed by atoms with Crippen LogP contribution in [-0.4, -0.2) is 38.7 Å². The van der Waals surface area contributed by atoms with E-state index in [9.17, 15) is 4.79 Å². The minimum atomic E-state index is -0.0817. The van der Waals surface area contributed by atoms with Crippen molar-refractivity contribution in [3.63, 3.8) is 0 Å². The third kappa shape index (κ3) is 3.79. The summed E-state index contributed by atoms with van der Waals surface area (Å²) in [4.78, 5) is 24.6. The first-order valence-corrected chi connectivity index (χ1v) is 12.0. The van der Waals surface area contributed by atoms with Gasteiger partial charge in [-0.1, -0.05) is 6.07 Å². The second kappa shape index (κ2) is 7.68. The van der Waals surface area contributed by atoms with Crippen molar-refractivity contribution in [2.24, 2.45) is 5.41 Å². The largest absolute Gasteiger partial charge is 0.356 e. The van der Waals surface area contributed by atoms with Gasteiger partial charge in [-0.3, -0.25) is 14.5 Å². The lowest BCUT2D eigenvalue weighted by molar-refractivity contribution is 0.0936. The zero-order chi connectivity index (χ0) is 22.6. The Morgan fingerprint density at radius 1 is 1.18 bits per heavy atom. The molecule has 33 heavy (non-hydrogen) atoms. The quantitative estimate of drug-likeness (QED) is 0.651. The van der Waals surface area contributed by atoms with Crippen LogP contribution in [0.5, 0.6) is 0 Å². The number of hydrogen-bond acceptors (Lipinski definition) is 5. The number of aryl methyl sites for hydroxylation is 2. The Bertz CT molecular complexity index is 1230. The summed E-state index contributed by atoms with van der Waals surface area (Å²) in [7, 11) is 0. The van der Waals surface area contributed by atoms with E-state index in [1.54, 1.807) is 6.20 Å². The normalized spacial score (nSPS) is 20.3. The Balaban J connectivity index is 1.11. The fourth-order valence-electron chi connectivity index (χ4n) is 5.48. The maximum absolute atomic E-state index is 12.9. The number of amides is 1. The van der Waals surface area contributed by atoms with Crippen LogP contribution < -0.4 is 10.2 Å². The summed E-state index contributed by atoms with van der Waals surface area (Å²) >= 11 is 0. The van der Waals surface area contributed by atoms with E-state index in [4.69, 9.17) is 4.98 Å². The van der Waals surface area contributed by atoms with Gasteiger partial charge in [-0.05, 0) is 80.2 Å². The fourth-order valence-corrected chi connectivity index (χ4v) is 5.48. The van der Waals surface area contributed by atoms with Gasteiger partial charge >= 0.3 is 0 Å². The van der Waals surface area contributed by atoms with Crippen LogP contribution in [0.4, 0.5) is 5.82 Å². The van der Waals surface area contributed by atoms with Gasteiger partial charge in [0.25, 0.3) is 5.91 Å². The molecule has 7 heteroatoms. The van der Waals surface area contributed by atoms with Gasteiger partial charge in [-0.25, -0.2) is 4.98 Å². The Morgan fingerprint density at radius 2 is 2.06 bits per heavy atom. The number of aromatic nitrogens is 4. The number of hydrogen-bond donors (Lipinski definition) is 1. The van der Waals surface area contributed by atoms with Crippen molar-refractivity contribution in [1.29, 1.82) is 0 Å². The lowest BCUT2D eigenvalue weighted by Crippen LogP contribution is -2.26. The number of carbonyl (C=O) groups is 1. The number of pyridine rings is 2. The summed E-state index contributed by atoms with van der Waals surface area (Å²) in [6, 6.07) is 6.35. The molecule has 1 spiro atoms. The van der Waals surface area contributed by atoms with Crippen molar-refractivity contribution >= 4 is 11.7 Å². The highest BCUT2D eigenvalue weighted by molar-refractivity contribution is 5.94. The predicted molar refractivity (Wildman–Crippen MR) is 126 cm³/mol. The summed E-state index contributed by atoms with van der Waals surface area (Å²) in [5, 5.41) is 7.62. The van der Waals surface area contributed by atoms with Crippen molar-refractivity contribution in [3.8, 4) is 0 Å². The SMILES string of the molecule is Cc1nc(N2CCC3(CC3)C2)ccc1Cn1cc(C(=O)N[C@@H]2CCc3c2ccnc3C)cn1. The second-order valence-electron chi connectivity index (χ2n) is 10.0. The van der Waals surface area contributed by atoms with Crippen LogP contribution in [0, 0.1) is 19.3 Å². The monoisotopic (exact) mass is 442 g/mol. The lowest BCUT2D eigenvalue weighted by Gasteiger charge is -2.19. The number of rotatable bonds is 5. The molecule has 0 unspecified atom stereocenters. The molecule has 1 atom stereocenters. The summed E-state index contributed by atoms with van der Waals surface area (Å²) in [6.07, 6.45) is 11.2. The summed E-state index contributed by atoms with van der Waals surface area (Å²) in [5.74, 6) is 1.00. The number of nitrogens with one attached hydrogen (secondary N) is 1. The molecule has 0 radical (unpaired) electrons. The van der Waals surface area contributed by atoms with E-state index < -0.39 is 0 Å². The topological polar surface area (TPSA) is 75.9 Å². The van der Waals surface area contributed by atoms with Crippen molar-refractivity contribution in [2.45, 2.75) is 58.5 Å². The molecule has 6 rings (SSSR count). The van der Waals surface area contributed by atoms with Crippen LogP contribution >= 0.6 is 0 Å². The summed E-state index contributed by atoms with van der Waals surface area (Å²) < 4.78 is 1.82. The van der Waals surface area contributed by atoms with Crippen LogP contribution in [0.3, 0.4) is 0 Å². The number of anilines is 1. The van der Waals surface area contributed by atoms with Crippen molar-refractivity contribution in [3.05, 3.63) is 70.4 Å². The lowest BCUT2D eigenvalue weighted by atomic mass is 10.1. The van der Waals surface area contributed by atoms with Crippen LogP contribution in [0.25, 0.3) is 0 Å². The first-order chi connectivity index (χ1) is 16.0. The molecule has 0 aromatic carbocycles. The molecular formula is C26H30N6O. The molecule has 2 aliphatic carbocycles. The highest BCUT2D eigenvalue weighted by Crippen LogP contribution is 2.53. The molecule has 7 nitrogen and oxygen atoms in total. The molecule has 3 aromatic heterocycles. The standard InChI is InChI=1S/C26H30N6O/c1-17-19(3-6-24(29-17)31-12-10-26(16-31)8-9-26)14-32-15-20(13-28-32)25(33)30-23-5-4-21-18(2)27-11-7-22(21)23/h3,6-7,11,13,15,23H,4-5,8-10,12,14,16H2,1-2H3,(H,30,33)/t23-/m1/s1. The third-order valence-corrected chi connectivity index (χ3v) is 7.80. The van der Waals surface area contributed by atoms with E-state index in [1.165, 1.54) is 30.4 Å². The first kappa shape index (κ1) is 20.4. The van der Waals surface area contributed by atoms with Crippen LogP contribution in [-0.2, 0) is 13.0 Å². The van der Waals surface area contributed by atoms with Gasteiger partial charge in [0, 0.05) is 36.9 Å². The molecule has 1 saturated heterocycles. The smallest absolute Gasteiger partial charge is 0.254 e. The van der Waals surface area contributed by atoms with Crippen molar-refractivity contribution in [2.75, 3.05) is 18.0 Å². The molecule has 2 fully saturated rings. The minimum Gasteiger partial charge on any atom is -0.356 e. The Kier molecular flexibility index (Phi) is 4.75. The molecular weight excluding hydrogens is 412 g/mol. The molecule has 1 aliphatic heterocycles. The molecule has 1 N–H and O–H groups in total. The van der Waals surface area contributed by atoms with Gasteiger partial charge < -0.3 is 10.2 Å². The summed E-state index contributed by atoms with van der Waals surface area (Å²) in [6.45, 7) is 6.97. The van der Waals surface area contributed by atoms with Crippen LogP contribution in [0.2, 0.25) is 0 Å². The molecule has 1 saturated carbocycles. The first-order valence-electron chi connectivity index (χ1n) is 12.0. The van der Waals surface area contributed by atoms with Crippen molar-refractivity contribution < 1.29 is 4.79 Å². The molecule has 3 aliphatic rings. The third-order valence-electron chi connectivity index (χ3n) is 7.80. The van der Waals surface area contributed by atoms with Gasteiger partial charge in [-0.15, -0.1) is 0 Å². The van der Waals surface area contributed by atoms with E-state index in [1.807, 2.05) is 30.1 Å². The Hall–Kier alpha value is -3.22. The number of carbonyl (C=O) groups excluding carboxylic acids is 1. The van der Waals surface area contributed by atoms with E-state index in [-0.39, 0.29) is 11.9 Å². The Labute approximate surface area is 194 Å². The second-order valence-corrected chi connectivity index (χ2v) is 10.0. The van der Waals surface area contributed by atoms with Crippen molar-refractivity contribution in [1.82, 2.24) is 25.1 Å². The Morgan fingerprint density at radius 3 is 2.85 bits per heavy atom. The zero-order valence-corrected chi connectivity index (χ0v) is 19.3. The minimum absolute atomic E-state index is 0.0388. The highest BCUT2D eigenvalue weighted by Gasteiger charge is 2.47. The van der Waals surface area contributed by atoms with Gasteiger partial charge in [-0.2, -0.15) is 5.10 Å². The van der Waals surface area contributed by atoms with E-state index >= 15 is 0 Å². The van der Waals surface area contributed by atoms with Gasteiger partial charge in [0.1, 0.15) is 5.82 Å². The maximum Gasteiger partial charge on any atom is 0.254 e. The van der Waals surface area contributed by atoms with Gasteiger partial charge in [0.2, 0.25) is 0 Å². The molecule has 3 aromatic rings. The summed E-state index contributed by atoms with van der Waals surface area (Å²) in [5.41, 5.74) is 6.85. The van der Waals surface area contributed by atoms with E-state index in [2.05, 4.69) is 39.4 Å². The zero-order valence-electron chi connectivity index (χ0n) is 19.3.